The summed E-state index contributed by atoms with van der Waals surface area (Å²) in [6.07, 6.45) is 10.5. The standard InChI is InChI=1S/C17H29N/c1-16(2)13-6-7-17(3,10-13)15(16)18-14-9-11-4-5-12(14)8-11/h11-15,18H,4-10H2,1-3H3. The minimum atomic E-state index is 0.537. The predicted octanol–water partition coefficient (Wildman–Crippen LogP) is 3.98. The van der Waals surface area contributed by atoms with E-state index in [1.807, 2.05) is 0 Å². The molecule has 0 heterocycles. The van der Waals surface area contributed by atoms with E-state index in [4.69, 9.17) is 0 Å². The minimum Gasteiger partial charge on any atom is -0.310 e. The molecule has 4 aliphatic rings. The van der Waals surface area contributed by atoms with Crippen molar-refractivity contribution in [3.8, 4) is 0 Å². The zero-order chi connectivity index (χ0) is 12.5. The van der Waals surface area contributed by atoms with Crippen LogP contribution in [0.4, 0.5) is 0 Å². The molecule has 18 heavy (non-hydrogen) atoms. The first-order valence-corrected chi connectivity index (χ1v) is 8.25. The molecule has 1 nitrogen and oxygen atoms in total. The SMILES string of the molecule is CC12CCC(C1)C(C)(C)C2NC1CC2CCC1C2. The zero-order valence-corrected chi connectivity index (χ0v) is 12.3. The van der Waals surface area contributed by atoms with E-state index < -0.39 is 0 Å². The normalized spacial score (nSPS) is 56.5. The van der Waals surface area contributed by atoms with Gasteiger partial charge < -0.3 is 5.32 Å². The lowest BCUT2D eigenvalue weighted by Gasteiger charge is -2.45. The third-order valence-corrected chi connectivity index (χ3v) is 7.39. The van der Waals surface area contributed by atoms with Gasteiger partial charge in [0.05, 0.1) is 0 Å². The Labute approximate surface area is 112 Å². The molecule has 0 amide bonds. The van der Waals surface area contributed by atoms with Crippen LogP contribution in [0.3, 0.4) is 0 Å². The van der Waals surface area contributed by atoms with Crippen LogP contribution in [0.15, 0.2) is 0 Å². The van der Waals surface area contributed by atoms with Crippen molar-refractivity contribution in [3.63, 3.8) is 0 Å². The Morgan fingerprint density at radius 3 is 2.39 bits per heavy atom. The zero-order valence-electron chi connectivity index (χ0n) is 12.3. The van der Waals surface area contributed by atoms with Gasteiger partial charge in [0, 0.05) is 12.1 Å². The lowest BCUT2D eigenvalue weighted by molar-refractivity contribution is 0.0897. The summed E-state index contributed by atoms with van der Waals surface area (Å²) >= 11 is 0. The molecule has 4 saturated carbocycles. The van der Waals surface area contributed by atoms with Gasteiger partial charge in [0.25, 0.3) is 0 Å². The molecule has 0 aliphatic heterocycles. The Balaban J connectivity index is 1.54. The maximum absolute atomic E-state index is 4.17. The fourth-order valence-electron chi connectivity index (χ4n) is 6.38. The molecule has 0 spiro atoms. The highest BCUT2D eigenvalue weighted by molar-refractivity contribution is 5.13. The molecule has 0 aromatic heterocycles. The topological polar surface area (TPSA) is 12.0 Å². The Morgan fingerprint density at radius 2 is 1.83 bits per heavy atom. The van der Waals surface area contributed by atoms with E-state index in [-0.39, 0.29) is 0 Å². The smallest absolute Gasteiger partial charge is 0.0177 e. The summed E-state index contributed by atoms with van der Waals surface area (Å²) in [7, 11) is 0. The van der Waals surface area contributed by atoms with Crippen LogP contribution < -0.4 is 5.32 Å². The molecule has 0 radical (unpaired) electrons. The second kappa shape index (κ2) is 3.53. The Kier molecular flexibility index (Phi) is 2.31. The lowest BCUT2D eigenvalue weighted by atomic mass is 9.68. The van der Waals surface area contributed by atoms with E-state index >= 15 is 0 Å². The highest BCUT2D eigenvalue weighted by Crippen LogP contribution is 2.63. The summed E-state index contributed by atoms with van der Waals surface area (Å²) in [6, 6.07) is 1.65. The van der Waals surface area contributed by atoms with Crippen LogP contribution in [0.1, 0.15) is 65.7 Å². The molecular formula is C17H29N. The van der Waals surface area contributed by atoms with Gasteiger partial charge in [-0.05, 0) is 67.1 Å². The molecule has 1 heteroatoms. The largest absolute Gasteiger partial charge is 0.310 e. The van der Waals surface area contributed by atoms with Crippen molar-refractivity contribution < 1.29 is 0 Å². The average Bonchev–Trinajstić information content (AvgIpc) is 3.01. The highest BCUT2D eigenvalue weighted by atomic mass is 15.0. The van der Waals surface area contributed by atoms with Crippen molar-refractivity contribution in [3.05, 3.63) is 0 Å². The quantitative estimate of drug-likeness (QED) is 0.778. The monoisotopic (exact) mass is 247 g/mol. The van der Waals surface area contributed by atoms with Crippen LogP contribution in [-0.4, -0.2) is 12.1 Å². The lowest BCUT2D eigenvalue weighted by Crippen LogP contribution is -2.54. The molecule has 1 N–H and O–H groups in total. The van der Waals surface area contributed by atoms with Crippen LogP contribution in [0, 0.1) is 28.6 Å². The molecule has 4 fully saturated rings. The third kappa shape index (κ3) is 1.43. The Hall–Kier alpha value is -0.0400. The van der Waals surface area contributed by atoms with Crippen molar-refractivity contribution in [2.75, 3.05) is 0 Å². The summed E-state index contributed by atoms with van der Waals surface area (Å²) in [4.78, 5) is 0. The molecule has 0 saturated heterocycles. The molecule has 6 unspecified atom stereocenters. The molecule has 4 bridgehead atoms. The molecule has 0 aromatic rings. The first-order chi connectivity index (χ1) is 8.49. The van der Waals surface area contributed by atoms with Crippen LogP contribution in [0.5, 0.6) is 0 Å². The molecule has 4 aliphatic carbocycles. The number of fused-ring (bicyclic) bond motifs is 4. The van der Waals surface area contributed by atoms with Crippen LogP contribution in [0.2, 0.25) is 0 Å². The van der Waals surface area contributed by atoms with Gasteiger partial charge in [-0.2, -0.15) is 0 Å². The molecular weight excluding hydrogens is 218 g/mol. The summed E-state index contributed by atoms with van der Waals surface area (Å²) in [5, 5.41) is 4.17. The summed E-state index contributed by atoms with van der Waals surface area (Å²) < 4.78 is 0. The molecule has 4 rings (SSSR count). The van der Waals surface area contributed by atoms with Crippen molar-refractivity contribution in [2.45, 2.75) is 77.8 Å². The first-order valence-electron chi connectivity index (χ1n) is 8.25. The van der Waals surface area contributed by atoms with E-state index in [0.717, 1.165) is 29.8 Å². The van der Waals surface area contributed by atoms with E-state index in [1.165, 1.54) is 44.9 Å². The van der Waals surface area contributed by atoms with E-state index in [9.17, 15) is 0 Å². The van der Waals surface area contributed by atoms with Gasteiger partial charge in [-0.1, -0.05) is 27.2 Å². The summed E-state index contributed by atoms with van der Waals surface area (Å²) in [5.74, 6) is 3.08. The van der Waals surface area contributed by atoms with Gasteiger partial charge in [0.2, 0.25) is 0 Å². The average molecular weight is 247 g/mol. The van der Waals surface area contributed by atoms with Crippen molar-refractivity contribution in [1.82, 2.24) is 5.32 Å². The van der Waals surface area contributed by atoms with Gasteiger partial charge in [-0.15, -0.1) is 0 Å². The van der Waals surface area contributed by atoms with Gasteiger partial charge in [0.1, 0.15) is 0 Å². The van der Waals surface area contributed by atoms with Crippen LogP contribution in [-0.2, 0) is 0 Å². The third-order valence-electron chi connectivity index (χ3n) is 7.39. The summed E-state index contributed by atoms with van der Waals surface area (Å²) in [6.45, 7) is 7.63. The maximum Gasteiger partial charge on any atom is 0.0177 e. The van der Waals surface area contributed by atoms with Crippen molar-refractivity contribution in [2.24, 2.45) is 28.6 Å². The van der Waals surface area contributed by atoms with Gasteiger partial charge in [0.15, 0.2) is 0 Å². The van der Waals surface area contributed by atoms with Gasteiger partial charge in [-0.3, -0.25) is 0 Å². The molecule has 102 valence electrons. The second-order valence-electron chi connectivity index (χ2n) is 8.80. The highest BCUT2D eigenvalue weighted by Gasteiger charge is 2.60. The van der Waals surface area contributed by atoms with Gasteiger partial charge in [-0.25, -0.2) is 0 Å². The van der Waals surface area contributed by atoms with Gasteiger partial charge >= 0.3 is 0 Å². The van der Waals surface area contributed by atoms with Crippen molar-refractivity contribution >= 4 is 0 Å². The number of nitrogens with one attached hydrogen (secondary N) is 1. The van der Waals surface area contributed by atoms with Crippen molar-refractivity contribution in [1.29, 1.82) is 0 Å². The second-order valence-corrected chi connectivity index (χ2v) is 8.80. The Morgan fingerprint density at radius 1 is 1.00 bits per heavy atom. The molecule has 6 atom stereocenters. The molecule has 0 aromatic carbocycles. The fraction of sp³-hybridized carbons (Fsp3) is 1.00. The van der Waals surface area contributed by atoms with Crippen LogP contribution >= 0.6 is 0 Å². The van der Waals surface area contributed by atoms with E-state index in [1.54, 1.807) is 0 Å². The van der Waals surface area contributed by atoms with E-state index in [0.29, 0.717) is 10.8 Å². The Bertz CT molecular complexity index is 356. The number of hydrogen-bond donors (Lipinski definition) is 1. The number of rotatable bonds is 2. The minimum absolute atomic E-state index is 0.537. The summed E-state index contributed by atoms with van der Waals surface area (Å²) in [5.41, 5.74) is 1.14. The predicted molar refractivity (Wildman–Crippen MR) is 75.4 cm³/mol. The van der Waals surface area contributed by atoms with E-state index in [2.05, 4.69) is 26.1 Å². The maximum atomic E-state index is 4.17. The first kappa shape index (κ1) is 11.8. The number of hydrogen-bond acceptors (Lipinski definition) is 1. The van der Waals surface area contributed by atoms with Crippen LogP contribution in [0.25, 0.3) is 0 Å². The fourth-order valence-corrected chi connectivity index (χ4v) is 6.38.